The molecular weight excluding hydrogens is 328 g/mol. The van der Waals surface area contributed by atoms with Crippen molar-refractivity contribution in [2.75, 3.05) is 25.0 Å². The number of carbonyl (C=O) groups is 1. The van der Waals surface area contributed by atoms with Crippen LogP contribution in [0, 0.1) is 18.8 Å². The Labute approximate surface area is 154 Å². The second-order valence-electron chi connectivity index (χ2n) is 7.51. The molecule has 0 N–H and O–H groups in total. The van der Waals surface area contributed by atoms with Crippen LogP contribution in [0.15, 0.2) is 30.9 Å². The number of aromatic nitrogens is 4. The second kappa shape index (κ2) is 7.05. The fraction of sp³-hybridized carbons (Fsp3) is 0.579. The molecule has 138 valence electrons. The van der Waals surface area contributed by atoms with E-state index in [1.807, 2.05) is 30.1 Å². The summed E-state index contributed by atoms with van der Waals surface area (Å²) < 4.78 is 1.86. The Morgan fingerprint density at radius 3 is 2.92 bits per heavy atom. The lowest BCUT2D eigenvalue weighted by molar-refractivity contribution is -0.130. The van der Waals surface area contributed by atoms with Crippen molar-refractivity contribution >= 4 is 11.7 Å². The number of anilines is 1. The Hall–Kier alpha value is -2.44. The number of rotatable bonds is 5. The van der Waals surface area contributed by atoms with Crippen LogP contribution in [0.3, 0.4) is 0 Å². The van der Waals surface area contributed by atoms with E-state index in [1.165, 1.54) is 6.42 Å². The SMILES string of the molecule is Cc1ccn(CCC(=O)N2C[C@H]3CC[C@@H](N(C)c4cnccn4)[C@H]3C2)n1. The number of hydrogen-bond acceptors (Lipinski definition) is 5. The third kappa shape index (κ3) is 3.30. The number of amides is 1. The second-order valence-corrected chi connectivity index (χ2v) is 7.51. The highest BCUT2D eigenvalue weighted by Gasteiger charge is 2.45. The first-order valence-electron chi connectivity index (χ1n) is 9.38. The van der Waals surface area contributed by atoms with Crippen LogP contribution in [0.4, 0.5) is 5.82 Å². The molecule has 2 aromatic heterocycles. The van der Waals surface area contributed by atoms with Gasteiger partial charge in [0.25, 0.3) is 0 Å². The lowest BCUT2D eigenvalue weighted by Crippen LogP contribution is -2.39. The van der Waals surface area contributed by atoms with Gasteiger partial charge in [-0.15, -0.1) is 0 Å². The average molecular weight is 354 g/mol. The maximum Gasteiger partial charge on any atom is 0.224 e. The van der Waals surface area contributed by atoms with Crippen molar-refractivity contribution in [3.8, 4) is 0 Å². The molecule has 1 aliphatic carbocycles. The number of aryl methyl sites for hydroxylation is 2. The molecule has 0 bridgehead atoms. The maximum atomic E-state index is 12.7. The summed E-state index contributed by atoms with van der Waals surface area (Å²) in [5, 5.41) is 4.36. The van der Waals surface area contributed by atoms with Gasteiger partial charge in [0.05, 0.1) is 11.9 Å². The van der Waals surface area contributed by atoms with Gasteiger partial charge in [-0.2, -0.15) is 5.10 Å². The molecule has 4 rings (SSSR count). The van der Waals surface area contributed by atoms with E-state index in [2.05, 4.69) is 31.9 Å². The van der Waals surface area contributed by atoms with Crippen LogP contribution in [0.25, 0.3) is 0 Å². The van der Waals surface area contributed by atoms with Crippen LogP contribution in [0.5, 0.6) is 0 Å². The monoisotopic (exact) mass is 354 g/mol. The van der Waals surface area contributed by atoms with Gasteiger partial charge in [0.2, 0.25) is 5.91 Å². The minimum atomic E-state index is 0.244. The van der Waals surface area contributed by atoms with E-state index in [0.29, 0.717) is 30.8 Å². The van der Waals surface area contributed by atoms with Crippen LogP contribution < -0.4 is 4.90 Å². The number of carbonyl (C=O) groups excluding carboxylic acids is 1. The van der Waals surface area contributed by atoms with Gasteiger partial charge in [-0.25, -0.2) is 4.98 Å². The van der Waals surface area contributed by atoms with E-state index in [0.717, 1.165) is 31.0 Å². The highest BCUT2D eigenvalue weighted by molar-refractivity contribution is 5.76. The summed E-state index contributed by atoms with van der Waals surface area (Å²) in [6.45, 7) is 4.37. The highest BCUT2D eigenvalue weighted by Crippen LogP contribution is 2.41. The lowest BCUT2D eigenvalue weighted by atomic mass is 9.97. The van der Waals surface area contributed by atoms with Gasteiger partial charge >= 0.3 is 0 Å². The highest BCUT2D eigenvalue weighted by atomic mass is 16.2. The lowest BCUT2D eigenvalue weighted by Gasteiger charge is -2.30. The van der Waals surface area contributed by atoms with Gasteiger partial charge in [0.1, 0.15) is 5.82 Å². The first-order chi connectivity index (χ1) is 12.6. The first-order valence-corrected chi connectivity index (χ1v) is 9.38. The summed E-state index contributed by atoms with van der Waals surface area (Å²) in [6.07, 6.45) is 10.1. The van der Waals surface area contributed by atoms with E-state index >= 15 is 0 Å². The molecule has 26 heavy (non-hydrogen) atoms. The van der Waals surface area contributed by atoms with Gasteiger partial charge in [-0.3, -0.25) is 14.5 Å². The molecule has 1 saturated carbocycles. The summed E-state index contributed by atoms with van der Waals surface area (Å²) in [6, 6.07) is 2.40. The summed E-state index contributed by atoms with van der Waals surface area (Å²) in [5.74, 6) is 2.29. The Bertz CT molecular complexity index is 760. The van der Waals surface area contributed by atoms with Gasteiger partial charge in [0, 0.05) is 63.7 Å². The summed E-state index contributed by atoms with van der Waals surface area (Å²) in [5.41, 5.74) is 0.989. The van der Waals surface area contributed by atoms with E-state index in [1.54, 1.807) is 12.4 Å². The zero-order valence-electron chi connectivity index (χ0n) is 15.5. The van der Waals surface area contributed by atoms with E-state index < -0.39 is 0 Å². The summed E-state index contributed by atoms with van der Waals surface area (Å²) in [4.78, 5) is 25.6. The maximum absolute atomic E-state index is 12.7. The third-order valence-corrected chi connectivity index (χ3v) is 5.91. The zero-order chi connectivity index (χ0) is 18.1. The van der Waals surface area contributed by atoms with E-state index in [4.69, 9.17) is 0 Å². The standard InChI is InChI=1S/C19H26N6O/c1-14-5-9-25(22-14)10-6-19(26)24-12-15-3-4-17(16(15)13-24)23(2)18-11-20-7-8-21-18/h5,7-9,11,15-17H,3-4,6,10,12-13H2,1-2H3/t15-,16+,17-/m1/s1. The number of fused-ring (bicyclic) bond motifs is 1. The van der Waals surface area contributed by atoms with Gasteiger partial charge in [-0.05, 0) is 31.7 Å². The number of hydrogen-bond donors (Lipinski definition) is 0. The average Bonchev–Trinajstić information content (AvgIpc) is 3.35. The molecule has 2 aliphatic rings. The summed E-state index contributed by atoms with van der Waals surface area (Å²) in [7, 11) is 2.10. The minimum Gasteiger partial charge on any atom is -0.355 e. The summed E-state index contributed by atoms with van der Waals surface area (Å²) >= 11 is 0. The van der Waals surface area contributed by atoms with Gasteiger partial charge in [0.15, 0.2) is 0 Å². The number of nitrogens with zero attached hydrogens (tertiary/aromatic N) is 6. The molecule has 2 fully saturated rings. The fourth-order valence-electron chi connectivity index (χ4n) is 4.52. The quantitative estimate of drug-likeness (QED) is 0.818. The fourth-order valence-corrected chi connectivity index (χ4v) is 4.52. The molecule has 1 amide bonds. The minimum absolute atomic E-state index is 0.244. The molecular formula is C19H26N6O. The topological polar surface area (TPSA) is 67.2 Å². The van der Waals surface area contributed by atoms with Gasteiger partial charge < -0.3 is 9.80 Å². The van der Waals surface area contributed by atoms with E-state index in [-0.39, 0.29) is 5.91 Å². The van der Waals surface area contributed by atoms with Crippen molar-refractivity contribution in [3.63, 3.8) is 0 Å². The molecule has 1 aliphatic heterocycles. The van der Waals surface area contributed by atoms with Crippen molar-refractivity contribution in [1.29, 1.82) is 0 Å². The van der Waals surface area contributed by atoms with Crippen molar-refractivity contribution in [3.05, 3.63) is 36.5 Å². The molecule has 0 radical (unpaired) electrons. The van der Waals surface area contributed by atoms with Crippen LogP contribution in [0.1, 0.15) is 25.0 Å². The van der Waals surface area contributed by atoms with Crippen LogP contribution in [-0.4, -0.2) is 56.7 Å². The molecule has 0 spiro atoms. The van der Waals surface area contributed by atoms with E-state index in [9.17, 15) is 4.79 Å². The van der Waals surface area contributed by atoms with Crippen molar-refractivity contribution < 1.29 is 4.79 Å². The normalized spacial score (nSPS) is 24.7. The molecule has 7 nitrogen and oxygen atoms in total. The van der Waals surface area contributed by atoms with Crippen molar-refractivity contribution in [2.45, 2.75) is 38.8 Å². The van der Waals surface area contributed by atoms with Crippen molar-refractivity contribution in [1.82, 2.24) is 24.6 Å². The molecule has 0 aromatic carbocycles. The third-order valence-electron chi connectivity index (χ3n) is 5.91. The Morgan fingerprint density at radius 1 is 1.31 bits per heavy atom. The first kappa shape index (κ1) is 17.0. The zero-order valence-corrected chi connectivity index (χ0v) is 15.5. The Balaban J connectivity index is 1.35. The van der Waals surface area contributed by atoms with Crippen LogP contribution >= 0.6 is 0 Å². The van der Waals surface area contributed by atoms with Crippen molar-refractivity contribution in [2.24, 2.45) is 11.8 Å². The molecule has 0 unspecified atom stereocenters. The molecule has 3 atom stereocenters. The van der Waals surface area contributed by atoms with Gasteiger partial charge in [-0.1, -0.05) is 0 Å². The predicted molar refractivity (Wildman–Crippen MR) is 98.6 cm³/mol. The molecule has 3 heterocycles. The Morgan fingerprint density at radius 2 is 2.19 bits per heavy atom. The van der Waals surface area contributed by atoms with Crippen LogP contribution in [0.2, 0.25) is 0 Å². The predicted octanol–water partition coefficient (Wildman–Crippen LogP) is 1.75. The molecule has 1 saturated heterocycles. The smallest absolute Gasteiger partial charge is 0.224 e. The Kier molecular flexibility index (Phi) is 4.61. The number of likely N-dealkylation sites (tertiary alicyclic amines) is 1. The van der Waals surface area contributed by atoms with Crippen LogP contribution in [-0.2, 0) is 11.3 Å². The largest absolute Gasteiger partial charge is 0.355 e. The molecule has 7 heteroatoms. The molecule has 2 aromatic rings.